The van der Waals surface area contributed by atoms with Crippen molar-refractivity contribution >= 4 is 0 Å². The molecule has 1 aromatic carbocycles. The Balaban J connectivity index is 2.26. The fourth-order valence-electron chi connectivity index (χ4n) is 2.03. The summed E-state index contributed by atoms with van der Waals surface area (Å²) in [4.78, 5) is 0. The molecule has 0 radical (unpaired) electrons. The lowest BCUT2D eigenvalue weighted by molar-refractivity contribution is -0.676. The van der Waals surface area contributed by atoms with Gasteiger partial charge < -0.3 is 10.1 Å². The van der Waals surface area contributed by atoms with Crippen LogP contribution in [0.1, 0.15) is 24.4 Å². The summed E-state index contributed by atoms with van der Waals surface area (Å²) >= 11 is 0. The van der Waals surface area contributed by atoms with E-state index in [1.54, 1.807) is 7.11 Å². The molecule has 0 unspecified atom stereocenters. The molecule has 1 aromatic rings. The van der Waals surface area contributed by atoms with Gasteiger partial charge in [0.2, 0.25) is 0 Å². The lowest BCUT2D eigenvalue weighted by atomic mass is 10.0. The molecule has 1 aliphatic rings. The molecule has 1 atom stereocenters. The van der Waals surface area contributed by atoms with Gasteiger partial charge in [0.25, 0.3) is 0 Å². The predicted molar refractivity (Wildman–Crippen MR) is 51.8 cm³/mol. The van der Waals surface area contributed by atoms with Crippen molar-refractivity contribution in [3.8, 4) is 5.75 Å². The standard InChI is InChI=1S/C11H15NO/c1-13-11-7-3-2-5-9(11)10-6-4-8-12-10/h2-3,5,7,10,12H,4,6,8H2,1H3/p+1/t10-/m1/s1. The highest BCUT2D eigenvalue weighted by Crippen LogP contribution is 2.26. The van der Waals surface area contributed by atoms with Gasteiger partial charge in [0.1, 0.15) is 11.8 Å². The van der Waals surface area contributed by atoms with Crippen molar-refractivity contribution in [3.05, 3.63) is 29.8 Å². The Bertz CT molecular complexity index is 279. The molecule has 1 fully saturated rings. The first-order valence-electron chi connectivity index (χ1n) is 4.88. The summed E-state index contributed by atoms with van der Waals surface area (Å²) in [7, 11) is 1.74. The fraction of sp³-hybridized carbons (Fsp3) is 0.455. The Hall–Kier alpha value is -1.02. The molecule has 13 heavy (non-hydrogen) atoms. The third kappa shape index (κ3) is 1.68. The quantitative estimate of drug-likeness (QED) is 0.721. The minimum atomic E-state index is 0.621. The number of quaternary nitrogens is 1. The highest BCUT2D eigenvalue weighted by Gasteiger charge is 2.22. The Morgan fingerprint density at radius 3 is 2.92 bits per heavy atom. The zero-order chi connectivity index (χ0) is 9.10. The summed E-state index contributed by atoms with van der Waals surface area (Å²) in [5.41, 5.74) is 1.35. The Kier molecular flexibility index (Phi) is 2.50. The first-order valence-corrected chi connectivity index (χ1v) is 4.88. The zero-order valence-corrected chi connectivity index (χ0v) is 7.99. The maximum absolute atomic E-state index is 5.34. The van der Waals surface area contributed by atoms with E-state index in [0.29, 0.717) is 6.04 Å². The highest BCUT2D eigenvalue weighted by atomic mass is 16.5. The Morgan fingerprint density at radius 2 is 2.23 bits per heavy atom. The molecular weight excluding hydrogens is 162 g/mol. The molecule has 0 aromatic heterocycles. The SMILES string of the molecule is COc1ccccc1[C@H]1CCC[NH2+]1. The third-order valence-corrected chi connectivity index (χ3v) is 2.71. The maximum Gasteiger partial charge on any atom is 0.128 e. The van der Waals surface area contributed by atoms with Gasteiger partial charge in [-0.2, -0.15) is 0 Å². The molecule has 1 heterocycles. The molecule has 2 N–H and O–H groups in total. The van der Waals surface area contributed by atoms with E-state index in [-0.39, 0.29) is 0 Å². The topological polar surface area (TPSA) is 25.8 Å². The highest BCUT2D eigenvalue weighted by molar-refractivity contribution is 5.34. The van der Waals surface area contributed by atoms with E-state index in [1.165, 1.54) is 24.9 Å². The van der Waals surface area contributed by atoms with Crippen molar-refractivity contribution in [2.24, 2.45) is 0 Å². The average molecular weight is 178 g/mol. The number of nitrogens with two attached hydrogens (primary N) is 1. The Labute approximate surface area is 78.9 Å². The smallest absolute Gasteiger partial charge is 0.128 e. The van der Waals surface area contributed by atoms with Gasteiger partial charge in [-0.15, -0.1) is 0 Å². The normalized spacial score (nSPS) is 21.8. The summed E-state index contributed by atoms with van der Waals surface area (Å²) < 4.78 is 5.34. The van der Waals surface area contributed by atoms with E-state index in [1.807, 2.05) is 12.1 Å². The van der Waals surface area contributed by atoms with Gasteiger partial charge >= 0.3 is 0 Å². The van der Waals surface area contributed by atoms with Crippen LogP contribution in [0.5, 0.6) is 5.75 Å². The lowest BCUT2D eigenvalue weighted by Crippen LogP contribution is -2.81. The van der Waals surface area contributed by atoms with Crippen LogP contribution in [0.2, 0.25) is 0 Å². The number of benzene rings is 1. The minimum Gasteiger partial charge on any atom is -0.496 e. The van der Waals surface area contributed by atoms with Crippen LogP contribution in [0, 0.1) is 0 Å². The van der Waals surface area contributed by atoms with Gasteiger partial charge in [-0.05, 0) is 12.1 Å². The van der Waals surface area contributed by atoms with Crippen LogP contribution in [0.15, 0.2) is 24.3 Å². The summed E-state index contributed by atoms with van der Waals surface area (Å²) in [6.45, 7) is 1.25. The molecule has 0 saturated carbocycles. The lowest BCUT2D eigenvalue weighted by Gasteiger charge is -2.11. The predicted octanol–water partition coefficient (Wildman–Crippen LogP) is 1.09. The van der Waals surface area contributed by atoms with Gasteiger partial charge in [-0.3, -0.25) is 0 Å². The number of methoxy groups -OCH3 is 1. The molecular formula is C11H16NO+. The molecule has 2 nitrogen and oxygen atoms in total. The molecule has 2 rings (SSSR count). The van der Waals surface area contributed by atoms with E-state index in [4.69, 9.17) is 4.74 Å². The van der Waals surface area contributed by atoms with Gasteiger partial charge in [0, 0.05) is 12.8 Å². The number of hydrogen-bond donors (Lipinski definition) is 1. The number of rotatable bonds is 2. The molecule has 0 amide bonds. The van der Waals surface area contributed by atoms with Crippen molar-refractivity contribution in [2.45, 2.75) is 18.9 Å². The first kappa shape index (κ1) is 8.57. The number of hydrogen-bond acceptors (Lipinski definition) is 1. The molecule has 70 valence electrons. The van der Waals surface area contributed by atoms with Gasteiger partial charge in [0.15, 0.2) is 0 Å². The van der Waals surface area contributed by atoms with E-state index >= 15 is 0 Å². The van der Waals surface area contributed by atoms with Gasteiger partial charge in [-0.25, -0.2) is 0 Å². The van der Waals surface area contributed by atoms with E-state index in [2.05, 4.69) is 17.4 Å². The molecule has 0 bridgehead atoms. The van der Waals surface area contributed by atoms with E-state index in [0.717, 1.165) is 5.75 Å². The largest absolute Gasteiger partial charge is 0.496 e. The van der Waals surface area contributed by atoms with Crippen LogP contribution >= 0.6 is 0 Å². The fourth-order valence-corrected chi connectivity index (χ4v) is 2.03. The van der Waals surface area contributed by atoms with Crippen molar-refractivity contribution in [1.29, 1.82) is 0 Å². The summed E-state index contributed by atoms with van der Waals surface area (Å²) in [6.07, 6.45) is 2.60. The van der Waals surface area contributed by atoms with Crippen molar-refractivity contribution in [3.63, 3.8) is 0 Å². The van der Waals surface area contributed by atoms with Crippen molar-refractivity contribution < 1.29 is 10.1 Å². The van der Waals surface area contributed by atoms with Crippen LogP contribution in [-0.4, -0.2) is 13.7 Å². The second-order valence-corrected chi connectivity index (χ2v) is 3.52. The van der Waals surface area contributed by atoms with Crippen LogP contribution < -0.4 is 10.1 Å². The van der Waals surface area contributed by atoms with E-state index < -0.39 is 0 Å². The van der Waals surface area contributed by atoms with Gasteiger partial charge in [0.05, 0.1) is 19.2 Å². The summed E-state index contributed by atoms with van der Waals surface area (Å²) in [5.74, 6) is 1.03. The molecule has 2 heteroatoms. The van der Waals surface area contributed by atoms with Crippen LogP contribution in [0.3, 0.4) is 0 Å². The number of para-hydroxylation sites is 1. The second kappa shape index (κ2) is 3.79. The third-order valence-electron chi connectivity index (χ3n) is 2.71. The maximum atomic E-state index is 5.34. The second-order valence-electron chi connectivity index (χ2n) is 3.52. The zero-order valence-electron chi connectivity index (χ0n) is 7.99. The van der Waals surface area contributed by atoms with Crippen molar-refractivity contribution in [2.75, 3.05) is 13.7 Å². The van der Waals surface area contributed by atoms with Crippen LogP contribution in [-0.2, 0) is 0 Å². The van der Waals surface area contributed by atoms with Crippen LogP contribution in [0.4, 0.5) is 0 Å². The monoisotopic (exact) mass is 178 g/mol. The van der Waals surface area contributed by atoms with Crippen molar-refractivity contribution in [1.82, 2.24) is 0 Å². The summed E-state index contributed by atoms with van der Waals surface area (Å²) in [6, 6.07) is 8.95. The van der Waals surface area contributed by atoms with E-state index in [9.17, 15) is 0 Å². The molecule has 0 spiro atoms. The first-order chi connectivity index (χ1) is 6.42. The average Bonchev–Trinajstić information content (AvgIpc) is 2.70. The molecule has 1 saturated heterocycles. The minimum absolute atomic E-state index is 0.621. The number of ether oxygens (including phenoxy) is 1. The molecule has 1 aliphatic heterocycles. The Morgan fingerprint density at radius 1 is 1.38 bits per heavy atom. The van der Waals surface area contributed by atoms with Gasteiger partial charge in [-0.1, -0.05) is 12.1 Å². The summed E-state index contributed by atoms with van der Waals surface area (Å²) in [5, 5.41) is 2.40. The molecule has 0 aliphatic carbocycles. The van der Waals surface area contributed by atoms with Crippen LogP contribution in [0.25, 0.3) is 0 Å².